The third-order valence-electron chi connectivity index (χ3n) is 4.76. The van der Waals surface area contributed by atoms with E-state index in [0.717, 1.165) is 21.9 Å². The molecule has 0 unspecified atom stereocenters. The van der Waals surface area contributed by atoms with Crippen LogP contribution in [0.15, 0.2) is 60.1 Å². The van der Waals surface area contributed by atoms with Crippen LogP contribution in [0.3, 0.4) is 0 Å². The maximum absolute atomic E-state index is 12.6. The van der Waals surface area contributed by atoms with E-state index >= 15 is 0 Å². The molecule has 0 aliphatic rings. The van der Waals surface area contributed by atoms with Crippen LogP contribution in [-0.2, 0) is 16.0 Å². The molecule has 0 aliphatic heterocycles. The second-order valence-electron chi connectivity index (χ2n) is 7.02. The smallest absolute Gasteiger partial charge is 0.224 e. The minimum Gasteiger partial charge on any atom is -0.495 e. The molecule has 0 fully saturated rings. The molecule has 2 aromatic heterocycles. The number of methoxy groups -OCH3 is 1. The zero-order chi connectivity index (χ0) is 21.8. The molecule has 4 aromatic rings. The second-order valence-corrected chi connectivity index (χ2v) is 7.85. The van der Waals surface area contributed by atoms with Gasteiger partial charge in [-0.2, -0.15) is 0 Å². The quantitative estimate of drug-likeness (QED) is 0.445. The van der Waals surface area contributed by atoms with Crippen LogP contribution in [0, 0.1) is 0 Å². The maximum Gasteiger partial charge on any atom is 0.224 e. The molecule has 8 heteroatoms. The summed E-state index contributed by atoms with van der Waals surface area (Å²) in [7, 11) is 1.54. The van der Waals surface area contributed by atoms with Crippen molar-refractivity contribution in [3.05, 3.63) is 65.8 Å². The first-order valence-corrected chi connectivity index (χ1v) is 10.7. The average molecular weight is 435 g/mol. The number of hydrogen-bond donors (Lipinski definition) is 2. The van der Waals surface area contributed by atoms with Gasteiger partial charge in [0.1, 0.15) is 5.75 Å². The summed E-state index contributed by atoms with van der Waals surface area (Å²) >= 11 is 1.56. The van der Waals surface area contributed by atoms with Crippen molar-refractivity contribution in [2.45, 2.75) is 19.8 Å². The Morgan fingerprint density at radius 1 is 1.13 bits per heavy atom. The van der Waals surface area contributed by atoms with Crippen LogP contribution in [0.2, 0.25) is 0 Å². The van der Waals surface area contributed by atoms with E-state index in [0.29, 0.717) is 30.0 Å². The summed E-state index contributed by atoms with van der Waals surface area (Å²) < 4.78 is 7.36. The number of amides is 2. The van der Waals surface area contributed by atoms with E-state index in [1.54, 1.807) is 29.5 Å². The normalized spacial score (nSPS) is 10.8. The van der Waals surface area contributed by atoms with Crippen molar-refractivity contribution >= 4 is 39.5 Å². The lowest BCUT2D eigenvalue weighted by Crippen LogP contribution is -2.14. The van der Waals surface area contributed by atoms with Crippen molar-refractivity contribution in [3.63, 3.8) is 0 Å². The Hall–Kier alpha value is -3.65. The molecule has 0 aliphatic carbocycles. The fourth-order valence-corrected chi connectivity index (χ4v) is 4.21. The number of anilines is 2. The summed E-state index contributed by atoms with van der Waals surface area (Å²) in [6, 6.07) is 15.1. The first-order chi connectivity index (χ1) is 15.0. The zero-order valence-corrected chi connectivity index (χ0v) is 18.0. The Labute approximate surface area is 183 Å². The van der Waals surface area contributed by atoms with Crippen LogP contribution in [0.4, 0.5) is 11.4 Å². The van der Waals surface area contributed by atoms with E-state index in [4.69, 9.17) is 4.74 Å². The predicted octanol–water partition coefficient (Wildman–Crippen LogP) is 4.60. The third kappa shape index (κ3) is 4.75. The van der Waals surface area contributed by atoms with E-state index in [1.807, 2.05) is 46.3 Å². The van der Waals surface area contributed by atoms with Gasteiger partial charge in [-0.05, 0) is 24.6 Å². The van der Waals surface area contributed by atoms with Crippen molar-refractivity contribution in [2.75, 3.05) is 17.7 Å². The van der Waals surface area contributed by atoms with Gasteiger partial charge in [0.05, 0.1) is 18.5 Å². The van der Waals surface area contributed by atoms with Crippen LogP contribution >= 0.6 is 11.3 Å². The number of aromatic nitrogens is 2. The third-order valence-corrected chi connectivity index (χ3v) is 5.64. The largest absolute Gasteiger partial charge is 0.495 e. The molecule has 0 spiro atoms. The monoisotopic (exact) mass is 434 g/mol. The molecular formula is C23H22N4O3S. The Morgan fingerprint density at radius 3 is 2.68 bits per heavy atom. The molecule has 2 amide bonds. The number of thiazole rings is 1. The van der Waals surface area contributed by atoms with Gasteiger partial charge in [0.2, 0.25) is 11.8 Å². The van der Waals surface area contributed by atoms with Gasteiger partial charge in [0, 0.05) is 41.9 Å². The molecule has 0 saturated heterocycles. The maximum atomic E-state index is 12.6. The topological polar surface area (TPSA) is 84.7 Å². The van der Waals surface area contributed by atoms with Gasteiger partial charge >= 0.3 is 0 Å². The number of nitrogens with one attached hydrogen (secondary N) is 2. The lowest BCUT2D eigenvalue weighted by atomic mass is 10.2. The Balaban J connectivity index is 1.45. The van der Waals surface area contributed by atoms with Crippen molar-refractivity contribution in [1.82, 2.24) is 9.38 Å². The van der Waals surface area contributed by atoms with Gasteiger partial charge in [0.25, 0.3) is 0 Å². The number of carbonyl (C=O) groups is 2. The van der Waals surface area contributed by atoms with Gasteiger partial charge < -0.3 is 15.4 Å². The summed E-state index contributed by atoms with van der Waals surface area (Å²) in [4.78, 5) is 29.5. The average Bonchev–Trinajstić information content (AvgIpc) is 3.34. The molecule has 2 N–H and O–H groups in total. The SMILES string of the molecule is COc1ccc(NC(C)=O)cc1NC(=O)CCc1csc2nc(-c3ccccc3)cn12. The summed E-state index contributed by atoms with van der Waals surface area (Å²) in [5.74, 6) is 0.211. The van der Waals surface area contributed by atoms with Gasteiger partial charge in [-0.25, -0.2) is 4.98 Å². The van der Waals surface area contributed by atoms with Crippen molar-refractivity contribution < 1.29 is 14.3 Å². The number of rotatable bonds is 7. The number of imidazole rings is 1. The van der Waals surface area contributed by atoms with Crippen LogP contribution in [0.5, 0.6) is 5.75 Å². The molecule has 158 valence electrons. The van der Waals surface area contributed by atoms with Crippen LogP contribution in [0.1, 0.15) is 19.0 Å². The molecule has 2 aromatic carbocycles. The molecule has 0 radical (unpaired) electrons. The fourth-order valence-electron chi connectivity index (χ4n) is 3.30. The molecule has 31 heavy (non-hydrogen) atoms. The lowest BCUT2D eigenvalue weighted by Gasteiger charge is -2.12. The molecule has 0 bridgehead atoms. The molecule has 7 nitrogen and oxygen atoms in total. The van der Waals surface area contributed by atoms with E-state index in [9.17, 15) is 9.59 Å². The minimum atomic E-state index is -0.181. The number of fused-ring (bicyclic) bond motifs is 1. The van der Waals surface area contributed by atoms with Gasteiger partial charge in [-0.3, -0.25) is 14.0 Å². The van der Waals surface area contributed by atoms with Crippen molar-refractivity contribution in [2.24, 2.45) is 0 Å². The summed E-state index contributed by atoms with van der Waals surface area (Å²) in [5.41, 5.74) is 4.12. The van der Waals surface area contributed by atoms with E-state index in [2.05, 4.69) is 15.6 Å². The highest BCUT2D eigenvalue weighted by Crippen LogP contribution is 2.28. The Bertz CT molecular complexity index is 1230. The van der Waals surface area contributed by atoms with Crippen molar-refractivity contribution in [3.8, 4) is 17.0 Å². The van der Waals surface area contributed by atoms with Crippen LogP contribution in [0.25, 0.3) is 16.2 Å². The zero-order valence-electron chi connectivity index (χ0n) is 17.2. The Kier molecular flexibility index (Phi) is 5.99. The first kappa shape index (κ1) is 20.6. The first-order valence-electron chi connectivity index (χ1n) is 9.80. The molecule has 0 saturated carbocycles. The number of nitrogens with zero attached hydrogens (tertiary/aromatic N) is 2. The fraction of sp³-hybridized carbons (Fsp3) is 0.174. The summed E-state index contributed by atoms with van der Waals surface area (Å²) in [6.07, 6.45) is 2.89. The van der Waals surface area contributed by atoms with Gasteiger partial charge in [-0.15, -0.1) is 11.3 Å². The highest BCUT2D eigenvalue weighted by molar-refractivity contribution is 7.15. The molecule has 2 heterocycles. The number of carbonyl (C=O) groups excluding carboxylic acids is 2. The number of hydrogen-bond acceptors (Lipinski definition) is 5. The van der Waals surface area contributed by atoms with E-state index < -0.39 is 0 Å². The van der Waals surface area contributed by atoms with Crippen LogP contribution < -0.4 is 15.4 Å². The Morgan fingerprint density at radius 2 is 1.94 bits per heavy atom. The highest BCUT2D eigenvalue weighted by atomic mass is 32.1. The van der Waals surface area contributed by atoms with Gasteiger partial charge in [0.15, 0.2) is 4.96 Å². The highest BCUT2D eigenvalue weighted by Gasteiger charge is 2.13. The molecule has 4 rings (SSSR count). The molecular weight excluding hydrogens is 412 g/mol. The number of ether oxygens (including phenoxy) is 1. The summed E-state index contributed by atoms with van der Waals surface area (Å²) in [6.45, 7) is 1.43. The van der Waals surface area contributed by atoms with Gasteiger partial charge in [-0.1, -0.05) is 30.3 Å². The van der Waals surface area contributed by atoms with E-state index in [-0.39, 0.29) is 11.8 Å². The molecule has 0 atom stereocenters. The summed E-state index contributed by atoms with van der Waals surface area (Å²) in [5, 5.41) is 7.62. The number of aryl methyl sites for hydroxylation is 1. The minimum absolute atomic E-state index is 0.138. The van der Waals surface area contributed by atoms with E-state index in [1.165, 1.54) is 14.0 Å². The predicted molar refractivity (Wildman–Crippen MR) is 123 cm³/mol. The second kappa shape index (κ2) is 9.01. The standard InChI is InChI=1S/C23H22N4O3S/c1-15(28)24-17-8-10-21(30-2)19(12-17)25-22(29)11-9-18-14-31-23-26-20(13-27(18)23)16-6-4-3-5-7-16/h3-8,10,12-14H,9,11H2,1-2H3,(H,24,28)(H,25,29). The van der Waals surface area contributed by atoms with Crippen LogP contribution in [-0.4, -0.2) is 28.3 Å². The lowest BCUT2D eigenvalue weighted by molar-refractivity contribution is -0.116. The van der Waals surface area contributed by atoms with Crippen molar-refractivity contribution in [1.29, 1.82) is 0 Å². The number of benzene rings is 2.